The van der Waals surface area contributed by atoms with Crippen LogP contribution < -0.4 is 0 Å². The minimum atomic E-state index is 0.353. The van der Waals surface area contributed by atoms with Crippen LogP contribution in [0.25, 0.3) is 11.1 Å². The fourth-order valence-corrected chi connectivity index (χ4v) is 4.54. The van der Waals surface area contributed by atoms with E-state index in [0.29, 0.717) is 6.04 Å². The third kappa shape index (κ3) is 3.21. The van der Waals surface area contributed by atoms with Gasteiger partial charge in [0.25, 0.3) is 0 Å². The lowest BCUT2D eigenvalue weighted by atomic mass is 10.0. The number of fused-ring (bicyclic) bond motifs is 3. The van der Waals surface area contributed by atoms with Crippen molar-refractivity contribution in [2.24, 2.45) is 5.10 Å². The highest BCUT2D eigenvalue weighted by Gasteiger charge is 2.33. The molecular formula is C24H22ClN3. The Balaban J connectivity index is 1.32. The van der Waals surface area contributed by atoms with E-state index in [4.69, 9.17) is 11.6 Å². The minimum absolute atomic E-state index is 0.353. The van der Waals surface area contributed by atoms with Crippen LogP contribution in [0.1, 0.15) is 22.7 Å². The van der Waals surface area contributed by atoms with E-state index in [-0.39, 0.29) is 0 Å². The van der Waals surface area contributed by atoms with E-state index in [1.807, 2.05) is 30.5 Å². The molecule has 0 spiro atoms. The molecule has 3 aromatic carbocycles. The molecule has 28 heavy (non-hydrogen) atoms. The zero-order chi connectivity index (χ0) is 18.9. The van der Waals surface area contributed by atoms with Gasteiger partial charge in [0.15, 0.2) is 0 Å². The van der Waals surface area contributed by atoms with Crippen LogP contribution in [0.2, 0.25) is 5.02 Å². The van der Waals surface area contributed by atoms with Crippen molar-refractivity contribution in [2.45, 2.75) is 6.04 Å². The van der Waals surface area contributed by atoms with Crippen molar-refractivity contribution >= 4 is 17.8 Å². The first-order valence-electron chi connectivity index (χ1n) is 9.76. The summed E-state index contributed by atoms with van der Waals surface area (Å²) < 4.78 is 0. The largest absolute Gasteiger partial charge is 0.294 e. The van der Waals surface area contributed by atoms with Crippen LogP contribution in [0, 0.1) is 0 Å². The molecule has 0 aromatic heterocycles. The summed E-state index contributed by atoms with van der Waals surface area (Å²) in [7, 11) is 0. The van der Waals surface area contributed by atoms with Crippen molar-refractivity contribution in [2.75, 3.05) is 26.2 Å². The van der Waals surface area contributed by atoms with Gasteiger partial charge in [0.1, 0.15) is 0 Å². The van der Waals surface area contributed by atoms with Gasteiger partial charge in [-0.15, -0.1) is 0 Å². The normalized spacial score (nSPS) is 17.1. The number of rotatable bonds is 3. The summed E-state index contributed by atoms with van der Waals surface area (Å²) in [6, 6.07) is 25.8. The van der Waals surface area contributed by atoms with Crippen molar-refractivity contribution in [1.29, 1.82) is 0 Å². The zero-order valence-electron chi connectivity index (χ0n) is 15.6. The summed E-state index contributed by atoms with van der Waals surface area (Å²) >= 11 is 6.06. The molecule has 1 fully saturated rings. The zero-order valence-corrected chi connectivity index (χ0v) is 16.4. The van der Waals surface area contributed by atoms with Gasteiger partial charge in [0.05, 0.1) is 12.3 Å². The number of hydrazone groups is 1. The van der Waals surface area contributed by atoms with Crippen LogP contribution in [0.3, 0.4) is 0 Å². The molecule has 0 unspecified atom stereocenters. The van der Waals surface area contributed by atoms with Crippen LogP contribution in [0.15, 0.2) is 77.9 Å². The van der Waals surface area contributed by atoms with Crippen LogP contribution in [-0.4, -0.2) is 42.3 Å². The predicted octanol–water partition coefficient (Wildman–Crippen LogP) is 5.06. The van der Waals surface area contributed by atoms with Gasteiger partial charge >= 0.3 is 0 Å². The Labute approximate surface area is 170 Å². The van der Waals surface area contributed by atoms with Crippen LogP contribution in [0.4, 0.5) is 0 Å². The van der Waals surface area contributed by atoms with E-state index in [1.165, 1.54) is 22.3 Å². The van der Waals surface area contributed by atoms with Gasteiger partial charge in [0, 0.05) is 31.2 Å². The van der Waals surface area contributed by atoms with Crippen molar-refractivity contribution < 1.29 is 0 Å². The summed E-state index contributed by atoms with van der Waals surface area (Å²) in [4.78, 5) is 2.59. The predicted molar refractivity (Wildman–Crippen MR) is 116 cm³/mol. The maximum Gasteiger partial charge on any atom is 0.0615 e. The highest BCUT2D eigenvalue weighted by atomic mass is 35.5. The van der Waals surface area contributed by atoms with Crippen molar-refractivity contribution in [3.8, 4) is 11.1 Å². The molecule has 0 amide bonds. The number of nitrogens with zero attached hydrogens (tertiary/aromatic N) is 3. The van der Waals surface area contributed by atoms with Gasteiger partial charge in [-0.2, -0.15) is 5.10 Å². The van der Waals surface area contributed by atoms with Crippen molar-refractivity contribution in [1.82, 2.24) is 9.91 Å². The molecule has 0 radical (unpaired) electrons. The maximum atomic E-state index is 6.06. The van der Waals surface area contributed by atoms with Gasteiger partial charge in [-0.3, -0.25) is 9.91 Å². The highest BCUT2D eigenvalue weighted by Crippen LogP contribution is 2.46. The molecule has 0 atom stereocenters. The van der Waals surface area contributed by atoms with Gasteiger partial charge in [0.2, 0.25) is 0 Å². The minimum Gasteiger partial charge on any atom is -0.294 e. The molecule has 5 rings (SSSR count). The summed E-state index contributed by atoms with van der Waals surface area (Å²) in [5, 5.41) is 7.57. The first-order chi connectivity index (χ1) is 13.8. The quantitative estimate of drug-likeness (QED) is 0.585. The van der Waals surface area contributed by atoms with Crippen molar-refractivity contribution in [3.05, 3.63) is 94.5 Å². The Morgan fingerprint density at radius 3 is 2.07 bits per heavy atom. The van der Waals surface area contributed by atoms with Crippen LogP contribution in [-0.2, 0) is 0 Å². The molecule has 3 aromatic rings. The average molecular weight is 388 g/mol. The van der Waals surface area contributed by atoms with Gasteiger partial charge in [-0.1, -0.05) is 72.3 Å². The Bertz CT molecular complexity index is 976. The Kier molecular flexibility index (Phi) is 4.63. The van der Waals surface area contributed by atoms with Gasteiger partial charge < -0.3 is 0 Å². The summed E-state index contributed by atoms with van der Waals surface area (Å²) in [6.45, 7) is 3.86. The number of hydrogen-bond acceptors (Lipinski definition) is 3. The Morgan fingerprint density at radius 1 is 0.786 bits per heavy atom. The molecular weight excluding hydrogens is 366 g/mol. The first kappa shape index (κ1) is 17.5. The monoisotopic (exact) mass is 387 g/mol. The molecule has 1 aliphatic heterocycles. The number of halogens is 1. The molecule has 1 saturated heterocycles. The van der Waals surface area contributed by atoms with E-state index in [0.717, 1.165) is 36.8 Å². The van der Waals surface area contributed by atoms with E-state index in [9.17, 15) is 0 Å². The molecule has 1 aliphatic carbocycles. The fraction of sp³-hybridized carbons (Fsp3) is 0.208. The third-order valence-electron chi connectivity index (χ3n) is 5.68. The van der Waals surface area contributed by atoms with E-state index in [2.05, 4.69) is 63.5 Å². The lowest BCUT2D eigenvalue weighted by Gasteiger charge is -2.37. The first-order valence-corrected chi connectivity index (χ1v) is 10.1. The molecule has 140 valence electrons. The number of benzene rings is 3. The highest BCUT2D eigenvalue weighted by molar-refractivity contribution is 6.30. The second-order valence-corrected chi connectivity index (χ2v) is 7.80. The molecule has 1 heterocycles. The number of hydrogen-bond donors (Lipinski definition) is 0. The maximum absolute atomic E-state index is 6.06. The Hall–Kier alpha value is -2.62. The smallest absolute Gasteiger partial charge is 0.0615 e. The van der Waals surface area contributed by atoms with Gasteiger partial charge in [-0.05, 0) is 39.9 Å². The SMILES string of the molecule is Clc1cccc(/C=N/N2CCN(C3c4ccccc4-c4ccccc43)CC2)c1. The van der Waals surface area contributed by atoms with E-state index < -0.39 is 0 Å². The second kappa shape index (κ2) is 7.42. The topological polar surface area (TPSA) is 18.8 Å². The fourth-order valence-electron chi connectivity index (χ4n) is 4.34. The Morgan fingerprint density at radius 2 is 1.43 bits per heavy atom. The number of piperazine rings is 1. The van der Waals surface area contributed by atoms with Gasteiger partial charge in [-0.25, -0.2) is 0 Å². The summed E-state index contributed by atoms with van der Waals surface area (Å²) in [6.07, 6.45) is 1.90. The summed E-state index contributed by atoms with van der Waals surface area (Å²) in [5.74, 6) is 0. The lowest BCUT2D eigenvalue weighted by molar-refractivity contribution is 0.114. The lowest BCUT2D eigenvalue weighted by Crippen LogP contribution is -2.45. The van der Waals surface area contributed by atoms with Crippen LogP contribution in [0.5, 0.6) is 0 Å². The van der Waals surface area contributed by atoms with Crippen molar-refractivity contribution in [3.63, 3.8) is 0 Å². The molecule has 4 heteroatoms. The molecule has 0 saturated carbocycles. The van der Waals surface area contributed by atoms with Crippen LogP contribution >= 0.6 is 11.6 Å². The molecule has 2 aliphatic rings. The van der Waals surface area contributed by atoms with E-state index >= 15 is 0 Å². The van der Waals surface area contributed by atoms with E-state index in [1.54, 1.807) is 0 Å². The molecule has 0 N–H and O–H groups in total. The standard InChI is InChI=1S/C24H22ClN3/c25-19-7-5-6-18(16-19)17-26-28-14-12-27(13-15-28)24-22-10-3-1-8-20(22)21-9-2-4-11-23(21)24/h1-11,16-17,24H,12-15H2/b26-17+. The second-order valence-electron chi connectivity index (χ2n) is 7.37. The summed E-state index contributed by atoms with van der Waals surface area (Å²) in [5.41, 5.74) is 6.65. The molecule has 0 bridgehead atoms. The average Bonchev–Trinajstić information content (AvgIpc) is 3.07. The molecule has 3 nitrogen and oxygen atoms in total. The third-order valence-corrected chi connectivity index (χ3v) is 5.91.